The van der Waals surface area contributed by atoms with Crippen molar-refractivity contribution in [2.45, 2.75) is 20.3 Å². The van der Waals surface area contributed by atoms with Crippen molar-refractivity contribution in [3.8, 4) is 0 Å². The molecule has 0 amide bonds. The van der Waals surface area contributed by atoms with Crippen molar-refractivity contribution in [2.24, 2.45) is 0 Å². The van der Waals surface area contributed by atoms with Crippen LogP contribution in [0.1, 0.15) is 45.7 Å². The summed E-state index contributed by atoms with van der Waals surface area (Å²) < 4.78 is 10.4. The summed E-state index contributed by atoms with van der Waals surface area (Å²) in [5, 5.41) is 1.33. The molecule has 6 heteroatoms. The lowest BCUT2D eigenvalue weighted by Crippen LogP contribution is -2.11. The van der Waals surface area contributed by atoms with Crippen LogP contribution in [0.4, 0.5) is 0 Å². The third-order valence-corrected chi connectivity index (χ3v) is 4.76. The van der Waals surface area contributed by atoms with Gasteiger partial charge in [-0.1, -0.05) is 12.1 Å². The van der Waals surface area contributed by atoms with Crippen LogP contribution in [0.2, 0.25) is 0 Å². The maximum absolute atomic E-state index is 11.8. The van der Waals surface area contributed by atoms with Crippen LogP contribution in [0.25, 0.3) is 21.9 Å². The van der Waals surface area contributed by atoms with E-state index in [4.69, 9.17) is 8.83 Å². The normalized spacial score (nSPS) is 11.1. The molecule has 29 heavy (non-hydrogen) atoms. The van der Waals surface area contributed by atoms with E-state index in [0.29, 0.717) is 28.4 Å². The number of ketones is 2. The molecule has 4 rings (SSSR count). The molecule has 0 atom stereocenters. The Morgan fingerprint density at radius 3 is 1.48 bits per heavy atom. The third-order valence-electron chi connectivity index (χ3n) is 4.76. The van der Waals surface area contributed by atoms with E-state index in [1.54, 1.807) is 24.3 Å². The van der Waals surface area contributed by atoms with Crippen molar-refractivity contribution in [1.82, 2.24) is 0 Å². The molecule has 6 nitrogen and oxygen atoms in total. The lowest BCUT2D eigenvalue weighted by Gasteiger charge is -2.06. The van der Waals surface area contributed by atoms with Crippen molar-refractivity contribution < 1.29 is 18.4 Å². The van der Waals surface area contributed by atoms with Gasteiger partial charge in [0.1, 0.15) is 22.3 Å². The number of carbonyl (C=O) groups is 2. The maximum Gasteiger partial charge on any atom is 0.347 e. The van der Waals surface area contributed by atoms with E-state index < -0.39 is 11.3 Å². The lowest BCUT2D eigenvalue weighted by molar-refractivity contribution is 0.100. The van der Waals surface area contributed by atoms with Gasteiger partial charge in [-0.3, -0.25) is 9.59 Å². The highest BCUT2D eigenvalue weighted by atomic mass is 16.4. The third kappa shape index (κ3) is 3.52. The molecule has 2 aromatic heterocycles. The summed E-state index contributed by atoms with van der Waals surface area (Å²) in [6.45, 7) is 2.65. The Morgan fingerprint density at radius 2 is 1.10 bits per heavy atom. The Bertz CT molecular complexity index is 1310. The van der Waals surface area contributed by atoms with Crippen LogP contribution in [0.3, 0.4) is 0 Å². The summed E-state index contributed by atoms with van der Waals surface area (Å²) in [6.07, 6.45) is 0.564. The molecule has 0 unspecified atom stereocenters. The van der Waals surface area contributed by atoms with E-state index in [0.717, 1.165) is 11.1 Å². The molecule has 0 bridgehead atoms. The molecule has 2 aromatic carbocycles. The van der Waals surface area contributed by atoms with Crippen LogP contribution in [0.5, 0.6) is 0 Å². The molecular weight excluding hydrogens is 372 g/mol. The van der Waals surface area contributed by atoms with Gasteiger partial charge in [0.05, 0.1) is 0 Å². The topological polar surface area (TPSA) is 94.6 Å². The SMILES string of the molecule is CC(=O)c1cc2cc(Cc3ccc4oc(=O)c(C(C)=O)cc4c3)ccc2oc1=O. The second-order valence-corrected chi connectivity index (χ2v) is 6.93. The van der Waals surface area contributed by atoms with Crippen molar-refractivity contribution in [3.63, 3.8) is 0 Å². The highest BCUT2D eigenvalue weighted by molar-refractivity contribution is 5.97. The first kappa shape index (κ1) is 18.6. The molecule has 0 N–H and O–H groups in total. The van der Waals surface area contributed by atoms with E-state index in [9.17, 15) is 19.2 Å². The second-order valence-electron chi connectivity index (χ2n) is 6.93. The van der Waals surface area contributed by atoms with Gasteiger partial charge in [-0.2, -0.15) is 0 Å². The van der Waals surface area contributed by atoms with Gasteiger partial charge in [0, 0.05) is 10.8 Å². The molecule has 0 spiro atoms. The number of fused-ring (bicyclic) bond motifs is 2. The Kier molecular flexibility index (Phi) is 4.47. The summed E-state index contributed by atoms with van der Waals surface area (Å²) in [6, 6.07) is 13.9. The predicted octanol–water partition coefficient (Wildman–Crippen LogP) is 3.90. The molecule has 0 aliphatic rings. The molecule has 0 saturated carbocycles. The van der Waals surface area contributed by atoms with E-state index >= 15 is 0 Å². The maximum atomic E-state index is 11.8. The first-order valence-electron chi connectivity index (χ1n) is 8.97. The number of Topliss-reactive ketones (excluding diaryl/α,β-unsaturated/α-hetero) is 2. The van der Waals surface area contributed by atoms with Gasteiger partial charge in [0.15, 0.2) is 11.6 Å². The van der Waals surface area contributed by atoms with Crippen molar-refractivity contribution in [3.05, 3.63) is 91.6 Å². The van der Waals surface area contributed by atoms with Gasteiger partial charge in [-0.05, 0) is 67.8 Å². The minimum Gasteiger partial charge on any atom is -0.422 e. The Balaban J connectivity index is 1.74. The Morgan fingerprint density at radius 1 is 0.690 bits per heavy atom. The van der Waals surface area contributed by atoms with Crippen LogP contribution >= 0.6 is 0 Å². The largest absolute Gasteiger partial charge is 0.422 e. The van der Waals surface area contributed by atoms with Gasteiger partial charge in [-0.25, -0.2) is 9.59 Å². The van der Waals surface area contributed by atoms with Gasteiger partial charge in [0.2, 0.25) is 0 Å². The molecule has 0 aliphatic heterocycles. The fourth-order valence-corrected chi connectivity index (χ4v) is 3.29. The summed E-state index contributed by atoms with van der Waals surface area (Å²) in [7, 11) is 0. The molecule has 2 heterocycles. The van der Waals surface area contributed by atoms with E-state index in [1.807, 2.05) is 24.3 Å². The van der Waals surface area contributed by atoms with Crippen LogP contribution in [-0.2, 0) is 6.42 Å². The number of carbonyl (C=O) groups excluding carboxylic acids is 2. The first-order valence-corrected chi connectivity index (χ1v) is 8.97. The fourth-order valence-electron chi connectivity index (χ4n) is 3.29. The number of hydrogen-bond acceptors (Lipinski definition) is 6. The van der Waals surface area contributed by atoms with E-state index in [-0.39, 0.29) is 22.7 Å². The van der Waals surface area contributed by atoms with Crippen molar-refractivity contribution in [1.29, 1.82) is 0 Å². The zero-order valence-electron chi connectivity index (χ0n) is 15.8. The standard InChI is InChI=1S/C23H16O6/c1-12(24)18-10-16-8-14(3-5-20(16)28-22(18)26)7-15-4-6-21-17(9-15)11-19(13(2)25)23(27)29-21/h3-6,8-11H,7H2,1-2H3. The summed E-state index contributed by atoms with van der Waals surface area (Å²) in [4.78, 5) is 46.9. The Hall–Kier alpha value is -3.80. The quantitative estimate of drug-likeness (QED) is 0.389. The van der Waals surface area contributed by atoms with Crippen LogP contribution in [0, 0.1) is 0 Å². The Labute approximate surface area is 164 Å². The van der Waals surface area contributed by atoms with E-state index in [2.05, 4.69) is 0 Å². The highest BCUT2D eigenvalue weighted by Gasteiger charge is 2.12. The van der Waals surface area contributed by atoms with Gasteiger partial charge >= 0.3 is 11.3 Å². The number of benzene rings is 2. The molecule has 144 valence electrons. The molecule has 0 saturated heterocycles. The smallest absolute Gasteiger partial charge is 0.347 e. The van der Waals surface area contributed by atoms with Crippen LogP contribution in [-0.4, -0.2) is 11.6 Å². The van der Waals surface area contributed by atoms with Crippen molar-refractivity contribution >= 4 is 33.5 Å². The summed E-state index contributed by atoms with van der Waals surface area (Å²) in [5.41, 5.74) is 1.48. The molecule has 0 aliphatic carbocycles. The average molecular weight is 388 g/mol. The monoisotopic (exact) mass is 388 g/mol. The lowest BCUT2D eigenvalue weighted by atomic mass is 10.0. The predicted molar refractivity (Wildman–Crippen MR) is 108 cm³/mol. The average Bonchev–Trinajstić information content (AvgIpc) is 2.67. The molecule has 0 radical (unpaired) electrons. The van der Waals surface area contributed by atoms with Crippen molar-refractivity contribution in [2.75, 3.05) is 0 Å². The second kappa shape index (κ2) is 6.98. The number of rotatable bonds is 4. The zero-order valence-corrected chi connectivity index (χ0v) is 15.8. The van der Waals surface area contributed by atoms with Gasteiger partial charge in [0.25, 0.3) is 0 Å². The summed E-state index contributed by atoms with van der Waals surface area (Å²) >= 11 is 0. The minimum absolute atomic E-state index is 0.0205. The van der Waals surface area contributed by atoms with Gasteiger partial charge < -0.3 is 8.83 Å². The van der Waals surface area contributed by atoms with Crippen LogP contribution < -0.4 is 11.3 Å². The molecule has 4 aromatic rings. The fraction of sp³-hybridized carbons (Fsp3) is 0.130. The van der Waals surface area contributed by atoms with E-state index in [1.165, 1.54) is 13.8 Å². The summed E-state index contributed by atoms with van der Waals surface area (Å²) in [5.74, 6) is -0.688. The zero-order chi connectivity index (χ0) is 20.7. The van der Waals surface area contributed by atoms with Gasteiger partial charge in [-0.15, -0.1) is 0 Å². The first-order chi connectivity index (χ1) is 13.8. The number of hydrogen-bond donors (Lipinski definition) is 0. The minimum atomic E-state index is -0.643. The molecular formula is C23H16O6. The highest BCUT2D eigenvalue weighted by Crippen LogP contribution is 2.21. The molecule has 0 fully saturated rings. The van der Waals surface area contributed by atoms with Crippen LogP contribution in [0.15, 0.2) is 67.0 Å².